The number of nitrogens with two attached hydrogens (primary N) is 1. The molecule has 0 fully saturated rings. The first-order valence-corrected chi connectivity index (χ1v) is 10.8. The number of nitrogens with zero attached hydrogens (tertiary/aromatic N) is 1. The summed E-state index contributed by atoms with van der Waals surface area (Å²) in [5.74, 6) is -0.797. The molecule has 0 spiro atoms. The van der Waals surface area contributed by atoms with Crippen molar-refractivity contribution < 1.29 is 38.7 Å². The van der Waals surface area contributed by atoms with Crippen molar-refractivity contribution >= 4 is 37.2 Å². The third-order valence-corrected chi connectivity index (χ3v) is 4.31. The molecule has 0 aromatic heterocycles. The maximum atomic E-state index is 12.6. The molecule has 0 bridgehead atoms. The first kappa shape index (κ1) is 33.3. The van der Waals surface area contributed by atoms with Gasteiger partial charge in [0, 0.05) is 17.5 Å². The van der Waals surface area contributed by atoms with Gasteiger partial charge in [-0.1, -0.05) is 21.3 Å². The zero-order valence-corrected chi connectivity index (χ0v) is 20.2. The van der Waals surface area contributed by atoms with Gasteiger partial charge in [-0.2, -0.15) is 0 Å². The van der Waals surface area contributed by atoms with Gasteiger partial charge in [0.1, 0.15) is 23.7 Å². The fourth-order valence-corrected chi connectivity index (χ4v) is 2.92. The van der Waals surface area contributed by atoms with Crippen molar-refractivity contribution in [2.45, 2.75) is 80.0 Å². The van der Waals surface area contributed by atoms with E-state index in [0.29, 0.717) is 30.7 Å². The highest BCUT2D eigenvalue weighted by Crippen LogP contribution is 2.32. The lowest BCUT2D eigenvalue weighted by Crippen LogP contribution is -2.45. The summed E-state index contributed by atoms with van der Waals surface area (Å²) in [6, 6.07) is 1.91. The van der Waals surface area contributed by atoms with Crippen molar-refractivity contribution in [3.8, 4) is 5.75 Å². The summed E-state index contributed by atoms with van der Waals surface area (Å²) in [6.45, 7) is 12.1. The van der Waals surface area contributed by atoms with Crippen LogP contribution in [0.5, 0.6) is 5.75 Å². The maximum absolute atomic E-state index is 12.6. The first-order valence-electron chi connectivity index (χ1n) is 10.8. The molecular weight excluding hydrogens is 443 g/mol. The molecule has 2 rings (SSSR count). The summed E-state index contributed by atoms with van der Waals surface area (Å²) in [6.07, 6.45) is 0.903. The number of carbonyl (C=O) groups is 4. The largest absolute Gasteiger partial charge is 0.494 e. The van der Waals surface area contributed by atoms with Gasteiger partial charge in [-0.15, -0.1) is 0 Å². The molecule has 2 amide bonds. The number of primary amides is 1. The third-order valence-electron chi connectivity index (χ3n) is 4.31. The molecule has 34 heavy (non-hydrogen) atoms. The van der Waals surface area contributed by atoms with Crippen LogP contribution in [0.2, 0.25) is 0 Å². The normalized spacial score (nSPS) is 12.5. The van der Waals surface area contributed by atoms with Crippen molar-refractivity contribution in [3.05, 3.63) is 23.3 Å². The minimum Gasteiger partial charge on any atom is -0.494 e. The van der Waals surface area contributed by atoms with Crippen molar-refractivity contribution in [3.63, 3.8) is 0 Å². The summed E-state index contributed by atoms with van der Waals surface area (Å²) >= 11 is 0. The number of carbonyl (C=O) groups excluding carboxylic acids is 4. The number of rotatable bonds is 9. The summed E-state index contributed by atoms with van der Waals surface area (Å²) in [7, 11) is -1.75. The van der Waals surface area contributed by atoms with Gasteiger partial charge in [0.05, 0.1) is 13.2 Å². The van der Waals surface area contributed by atoms with Crippen LogP contribution in [0, 0.1) is 0 Å². The lowest BCUT2D eigenvalue weighted by atomic mass is 9.78. The molecule has 0 saturated heterocycles. The van der Waals surface area contributed by atoms with Crippen LogP contribution in [0.4, 0.5) is 0 Å². The van der Waals surface area contributed by atoms with Gasteiger partial charge in [0.15, 0.2) is 0 Å². The molecular formula is C23H39BN2O8. The Morgan fingerprint density at radius 3 is 2.24 bits per heavy atom. The molecule has 1 unspecified atom stereocenters. The first-order chi connectivity index (χ1) is 15.5. The predicted molar refractivity (Wildman–Crippen MR) is 131 cm³/mol. The molecule has 1 aliphatic heterocycles. The number of ether oxygens (including phenoxy) is 2. The molecule has 1 heterocycles. The molecule has 192 valence electrons. The smallest absolute Gasteiger partial charge is 0.488 e. The molecule has 1 aromatic rings. The van der Waals surface area contributed by atoms with Crippen LogP contribution < -0.4 is 15.9 Å². The van der Waals surface area contributed by atoms with Gasteiger partial charge in [-0.3, -0.25) is 14.4 Å². The zero-order valence-electron chi connectivity index (χ0n) is 20.2. The topological polar surface area (TPSA) is 156 Å². The highest BCUT2D eigenvalue weighted by molar-refractivity contribution is 6.58. The van der Waals surface area contributed by atoms with Crippen molar-refractivity contribution in [1.29, 1.82) is 0 Å². The van der Waals surface area contributed by atoms with Crippen LogP contribution in [-0.2, 0) is 25.7 Å². The van der Waals surface area contributed by atoms with E-state index in [0.717, 1.165) is 0 Å². The molecule has 11 heteroatoms. The molecule has 1 aromatic carbocycles. The van der Waals surface area contributed by atoms with Gasteiger partial charge in [-0.05, 0) is 51.7 Å². The van der Waals surface area contributed by atoms with Crippen LogP contribution in [-0.4, -0.2) is 64.9 Å². The van der Waals surface area contributed by atoms with E-state index in [1.54, 1.807) is 6.92 Å². The summed E-state index contributed by atoms with van der Waals surface area (Å²) < 4.78 is 10.0. The van der Waals surface area contributed by atoms with Gasteiger partial charge in [0.25, 0.3) is 12.4 Å². The van der Waals surface area contributed by atoms with E-state index in [9.17, 15) is 29.2 Å². The number of aldehydes is 1. The average molecular weight is 482 g/mol. The van der Waals surface area contributed by atoms with E-state index < -0.39 is 25.0 Å². The summed E-state index contributed by atoms with van der Waals surface area (Å²) in [4.78, 5) is 45.8. The SMILES string of the molecule is C.CC.CC(C)(C)OC=O.CCOc1cc(B(O)O)cc2c1CN(C(CCC=O)C(N)=O)C2=O. The second-order valence-corrected chi connectivity index (χ2v) is 7.77. The molecule has 1 aliphatic rings. The molecule has 0 aliphatic carbocycles. The van der Waals surface area contributed by atoms with Crippen LogP contribution in [0.3, 0.4) is 0 Å². The lowest BCUT2D eigenvalue weighted by molar-refractivity contribution is -0.138. The van der Waals surface area contributed by atoms with Gasteiger partial charge >= 0.3 is 7.12 Å². The Kier molecular flexibility index (Phi) is 15.5. The highest BCUT2D eigenvalue weighted by atomic mass is 16.5. The lowest BCUT2D eigenvalue weighted by Gasteiger charge is -2.24. The molecule has 0 saturated carbocycles. The second-order valence-electron chi connectivity index (χ2n) is 7.77. The van der Waals surface area contributed by atoms with Crippen molar-refractivity contribution in [2.75, 3.05) is 6.61 Å². The quantitative estimate of drug-likeness (QED) is 0.350. The Hall–Kier alpha value is -2.92. The Bertz CT molecular complexity index is 809. The number of hydrogen-bond donors (Lipinski definition) is 3. The predicted octanol–water partition coefficient (Wildman–Crippen LogP) is 1.17. The van der Waals surface area contributed by atoms with Crippen LogP contribution >= 0.6 is 0 Å². The molecule has 0 radical (unpaired) electrons. The minimum atomic E-state index is -1.75. The van der Waals surface area contributed by atoms with Crippen LogP contribution in [0.1, 0.15) is 77.7 Å². The maximum Gasteiger partial charge on any atom is 0.488 e. The Morgan fingerprint density at radius 1 is 1.26 bits per heavy atom. The van der Waals surface area contributed by atoms with Crippen molar-refractivity contribution in [2.24, 2.45) is 5.73 Å². The molecule has 4 N–H and O–H groups in total. The Balaban J connectivity index is 0. The average Bonchev–Trinajstić information content (AvgIpc) is 3.06. The fourth-order valence-electron chi connectivity index (χ4n) is 2.92. The van der Waals surface area contributed by atoms with E-state index in [1.807, 2.05) is 34.6 Å². The third kappa shape index (κ3) is 9.92. The van der Waals surface area contributed by atoms with Crippen LogP contribution in [0.15, 0.2) is 12.1 Å². The number of amides is 2. The van der Waals surface area contributed by atoms with E-state index in [-0.39, 0.29) is 43.4 Å². The summed E-state index contributed by atoms with van der Waals surface area (Å²) in [5.41, 5.74) is 5.97. The highest BCUT2D eigenvalue weighted by Gasteiger charge is 2.37. The monoisotopic (exact) mass is 482 g/mol. The standard InChI is InChI=1S/C15H19BN2O6.C5H10O2.C2H6.CH4/c1-2-24-13-7-9(16(22)23)6-10-11(13)8-18(15(10)21)12(14(17)20)4-3-5-19;1-5(2,3)7-4-6;1-2;/h5-7,12,22-23H,2-4,8H2,1H3,(H2,17,20);4H,1-3H3;1-2H3;1H4. The summed E-state index contributed by atoms with van der Waals surface area (Å²) in [5, 5.41) is 18.8. The van der Waals surface area contributed by atoms with Gasteiger partial charge in [-0.25, -0.2) is 0 Å². The van der Waals surface area contributed by atoms with E-state index in [1.165, 1.54) is 17.0 Å². The number of benzene rings is 1. The van der Waals surface area contributed by atoms with E-state index >= 15 is 0 Å². The molecule has 10 nitrogen and oxygen atoms in total. The van der Waals surface area contributed by atoms with Crippen molar-refractivity contribution in [1.82, 2.24) is 4.90 Å². The van der Waals surface area contributed by atoms with Crippen LogP contribution in [0.25, 0.3) is 0 Å². The number of fused-ring (bicyclic) bond motifs is 1. The zero-order chi connectivity index (χ0) is 25.8. The minimum absolute atomic E-state index is 0. The van der Waals surface area contributed by atoms with E-state index in [2.05, 4.69) is 4.74 Å². The Labute approximate surface area is 202 Å². The van der Waals surface area contributed by atoms with Gasteiger partial charge < -0.3 is 34.9 Å². The Morgan fingerprint density at radius 2 is 1.85 bits per heavy atom. The fraction of sp³-hybridized carbons (Fsp3) is 0.565. The molecule has 1 atom stereocenters. The van der Waals surface area contributed by atoms with Gasteiger partial charge in [0.2, 0.25) is 5.91 Å². The number of hydrogen-bond acceptors (Lipinski definition) is 8. The second kappa shape index (κ2) is 15.8. The van der Waals surface area contributed by atoms with E-state index in [4.69, 9.17) is 10.5 Å².